The van der Waals surface area contributed by atoms with E-state index in [9.17, 15) is 0 Å². The molecule has 2 nitrogen and oxygen atoms in total. The van der Waals surface area contributed by atoms with Crippen molar-refractivity contribution in [2.45, 2.75) is 58.1 Å². The standard InChI is InChI=1S/C12H25NO/c1-12(2,3)14-9-11(13-4)10-7-5-6-8-10/h10-11,13H,5-9H2,1-4H3. The Hall–Kier alpha value is -0.0800. The van der Waals surface area contributed by atoms with Gasteiger partial charge in [0.15, 0.2) is 0 Å². The minimum atomic E-state index is -0.00625. The third-order valence-corrected chi connectivity index (χ3v) is 3.04. The van der Waals surface area contributed by atoms with Crippen LogP contribution >= 0.6 is 0 Å². The molecule has 84 valence electrons. The van der Waals surface area contributed by atoms with Gasteiger partial charge in [-0.05, 0) is 46.6 Å². The Morgan fingerprint density at radius 3 is 2.29 bits per heavy atom. The van der Waals surface area contributed by atoms with Crippen LogP contribution in [0.3, 0.4) is 0 Å². The third kappa shape index (κ3) is 3.97. The van der Waals surface area contributed by atoms with Crippen LogP contribution < -0.4 is 5.32 Å². The first kappa shape index (κ1) is 12.0. The highest BCUT2D eigenvalue weighted by molar-refractivity contribution is 4.80. The normalized spacial score (nSPS) is 21.4. The summed E-state index contributed by atoms with van der Waals surface area (Å²) in [7, 11) is 2.05. The van der Waals surface area contributed by atoms with Crippen LogP contribution in [0.4, 0.5) is 0 Å². The van der Waals surface area contributed by atoms with Gasteiger partial charge in [-0.15, -0.1) is 0 Å². The molecule has 1 unspecified atom stereocenters. The van der Waals surface area contributed by atoms with E-state index in [0.717, 1.165) is 12.5 Å². The molecule has 0 radical (unpaired) electrons. The molecule has 1 aliphatic rings. The smallest absolute Gasteiger partial charge is 0.0629 e. The molecule has 1 aliphatic carbocycles. The Morgan fingerprint density at radius 2 is 1.86 bits per heavy atom. The van der Waals surface area contributed by atoms with Gasteiger partial charge in [0.25, 0.3) is 0 Å². The van der Waals surface area contributed by atoms with Crippen molar-refractivity contribution < 1.29 is 4.74 Å². The molecule has 0 aromatic heterocycles. The van der Waals surface area contributed by atoms with Gasteiger partial charge in [0.05, 0.1) is 12.2 Å². The van der Waals surface area contributed by atoms with Gasteiger partial charge >= 0.3 is 0 Å². The lowest BCUT2D eigenvalue weighted by Gasteiger charge is -2.27. The highest BCUT2D eigenvalue weighted by Crippen LogP contribution is 2.28. The molecule has 14 heavy (non-hydrogen) atoms. The summed E-state index contributed by atoms with van der Waals surface area (Å²) in [5, 5.41) is 3.39. The first-order valence-corrected chi connectivity index (χ1v) is 5.84. The van der Waals surface area contributed by atoms with E-state index in [1.165, 1.54) is 25.7 Å². The van der Waals surface area contributed by atoms with Crippen molar-refractivity contribution in [2.75, 3.05) is 13.7 Å². The second kappa shape index (κ2) is 5.13. The lowest BCUT2D eigenvalue weighted by Crippen LogP contribution is -2.39. The summed E-state index contributed by atoms with van der Waals surface area (Å²) in [6.07, 6.45) is 5.55. The molecule has 0 bridgehead atoms. The van der Waals surface area contributed by atoms with Crippen molar-refractivity contribution >= 4 is 0 Å². The summed E-state index contributed by atoms with van der Waals surface area (Å²) < 4.78 is 5.83. The van der Waals surface area contributed by atoms with E-state index in [2.05, 4.69) is 33.1 Å². The van der Waals surface area contributed by atoms with E-state index in [-0.39, 0.29) is 5.60 Å². The molecule has 0 saturated heterocycles. The Bertz CT molecular complexity index is 156. The van der Waals surface area contributed by atoms with E-state index in [1.54, 1.807) is 0 Å². The Morgan fingerprint density at radius 1 is 1.29 bits per heavy atom. The van der Waals surface area contributed by atoms with Crippen LogP contribution in [-0.4, -0.2) is 25.3 Å². The van der Waals surface area contributed by atoms with Crippen molar-refractivity contribution in [3.05, 3.63) is 0 Å². The van der Waals surface area contributed by atoms with Crippen molar-refractivity contribution in [1.82, 2.24) is 5.32 Å². The first-order valence-electron chi connectivity index (χ1n) is 5.84. The Kier molecular flexibility index (Phi) is 4.39. The molecule has 1 fully saturated rings. The minimum Gasteiger partial charge on any atom is -0.374 e. The predicted octanol–water partition coefficient (Wildman–Crippen LogP) is 2.58. The van der Waals surface area contributed by atoms with Gasteiger partial charge < -0.3 is 10.1 Å². The van der Waals surface area contributed by atoms with Gasteiger partial charge in [-0.2, -0.15) is 0 Å². The molecular weight excluding hydrogens is 174 g/mol. The van der Waals surface area contributed by atoms with Crippen LogP contribution in [-0.2, 0) is 4.74 Å². The van der Waals surface area contributed by atoms with Crippen molar-refractivity contribution in [3.63, 3.8) is 0 Å². The van der Waals surface area contributed by atoms with Crippen LogP contribution in [0.25, 0.3) is 0 Å². The molecule has 1 rings (SSSR count). The molecule has 0 aromatic carbocycles. The average molecular weight is 199 g/mol. The van der Waals surface area contributed by atoms with Crippen LogP contribution in [0.1, 0.15) is 46.5 Å². The van der Waals surface area contributed by atoms with Gasteiger partial charge in [-0.25, -0.2) is 0 Å². The summed E-state index contributed by atoms with van der Waals surface area (Å²) in [5.41, 5.74) is -0.00625. The molecule has 1 N–H and O–H groups in total. The largest absolute Gasteiger partial charge is 0.374 e. The molecule has 1 saturated carbocycles. The number of ether oxygens (including phenoxy) is 1. The Balaban J connectivity index is 2.31. The topological polar surface area (TPSA) is 21.3 Å². The van der Waals surface area contributed by atoms with Crippen molar-refractivity contribution in [2.24, 2.45) is 5.92 Å². The van der Waals surface area contributed by atoms with Crippen LogP contribution in [0, 0.1) is 5.92 Å². The SMILES string of the molecule is CNC(COC(C)(C)C)C1CCCC1. The molecular formula is C12H25NO. The highest BCUT2D eigenvalue weighted by Gasteiger charge is 2.25. The van der Waals surface area contributed by atoms with Crippen LogP contribution in [0.2, 0.25) is 0 Å². The van der Waals surface area contributed by atoms with Crippen LogP contribution in [0.15, 0.2) is 0 Å². The average Bonchev–Trinajstić information content (AvgIpc) is 2.56. The van der Waals surface area contributed by atoms with E-state index < -0.39 is 0 Å². The third-order valence-electron chi connectivity index (χ3n) is 3.04. The molecule has 0 aromatic rings. The number of nitrogens with one attached hydrogen (secondary N) is 1. The molecule has 0 aliphatic heterocycles. The predicted molar refractivity (Wildman–Crippen MR) is 60.5 cm³/mol. The zero-order chi connectivity index (χ0) is 10.6. The van der Waals surface area contributed by atoms with Gasteiger partial charge in [-0.3, -0.25) is 0 Å². The number of rotatable bonds is 4. The molecule has 0 amide bonds. The fourth-order valence-electron chi connectivity index (χ4n) is 2.15. The zero-order valence-corrected chi connectivity index (χ0v) is 10.1. The van der Waals surface area contributed by atoms with Gasteiger partial charge in [0.2, 0.25) is 0 Å². The highest BCUT2D eigenvalue weighted by atomic mass is 16.5. The molecule has 1 atom stereocenters. The summed E-state index contributed by atoms with van der Waals surface area (Å²) in [6.45, 7) is 7.21. The van der Waals surface area contributed by atoms with Gasteiger partial charge in [-0.1, -0.05) is 12.8 Å². The lowest BCUT2D eigenvalue weighted by atomic mass is 9.99. The fourth-order valence-corrected chi connectivity index (χ4v) is 2.15. The number of likely N-dealkylation sites (N-methyl/N-ethyl adjacent to an activating group) is 1. The zero-order valence-electron chi connectivity index (χ0n) is 10.1. The maximum Gasteiger partial charge on any atom is 0.0629 e. The van der Waals surface area contributed by atoms with E-state index >= 15 is 0 Å². The minimum absolute atomic E-state index is 0.00625. The van der Waals surface area contributed by atoms with Gasteiger partial charge in [0, 0.05) is 6.04 Å². The van der Waals surface area contributed by atoms with E-state index in [4.69, 9.17) is 4.74 Å². The molecule has 0 spiro atoms. The monoisotopic (exact) mass is 199 g/mol. The van der Waals surface area contributed by atoms with Crippen molar-refractivity contribution in [3.8, 4) is 0 Å². The number of hydrogen-bond acceptors (Lipinski definition) is 2. The summed E-state index contributed by atoms with van der Waals surface area (Å²) in [6, 6.07) is 0.553. The quantitative estimate of drug-likeness (QED) is 0.751. The summed E-state index contributed by atoms with van der Waals surface area (Å²) in [4.78, 5) is 0. The number of hydrogen-bond donors (Lipinski definition) is 1. The summed E-state index contributed by atoms with van der Waals surface area (Å²) in [5.74, 6) is 0.836. The summed E-state index contributed by atoms with van der Waals surface area (Å²) >= 11 is 0. The fraction of sp³-hybridized carbons (Fsp3) is 1.00. The maximum atomic E-state index is 5.83. The maximum absolute atomic E-state index is 5.83. The van der Waals surface area contributed by atoms with E-state index in [0.29, 0.717) is 6.04 Å². The lowest BCUT2D eigenvalue weighted by molar-refractivity contribution is -0.0208. The second-order valence-electron chi connectivity index (χ2n) is 5.36. The van der Waals surface area contributed by atoms with Gasteiger partial charge in [0.1, 0.15) is 0 Å². The Labute approximate surface area is 88.4 Å². The second-order valence-corrected chi connectivity index (χ2v) is 5.36. The van der Waals surface area contributed by atoms with Crippen LogP contribution in [0.5, 0.6) is 0 Å². The van der Waals surface area contributed by atoms with Crippen molar-refractivity contribution in [1.29, 1.82) is 0 Å². The van der Waals surface area contributed by atoms with E-state index in [1.807, 2.05) is 0 Å². The molecule has 2 heteroatoms. The first-order chi connectivity index (χ1) is 6.53. The molecule has 0 heterocycles.